The SMILES string of the molecule is COCCn1c(N)c(N(Cc2ccccc2)C(=O)c2ccc(COC)cc2)c(=O)[nH]c1=O. The molecule has 0 saturated heterocycles. The van der Waals surface area contributed by atoms with Crippen molar-refractivity contribution in [1.29, 1.82) is 0 Å². The van der Waals surface area contributed by atoms with E-state index in [0.29, 0.717) is 12.2 Å². The molecule has 0 saturated carbocycles. The van der Waals surface area contributed by atoms with Gasteiger partial charge in [-0.25, -0.2) is 4.79 Å². The van der Waals surface area contributed by atoms with Crippen LogP contribution in [0.25, 0.3) is 0 Å². The van der Waals surface area contributed by atoms with E-state index in [2.05, 4.69) is 4.98 Å². The second kappa shape index (κ2) is 10.6. The van der Waals surface area contributed by atoms with Crippen molar-refractivity contribution in [3.8, 4) is 0 Å². The number of nitrogens with two attached hydrogens (primary N) is 1. The number of ether oxygens (including phenoxy) is 2. The summed E-state index contributed by atoms with van der Waals surface area (Å²) in [4.78, 5) is 42.2. The molecule has 1 aromatic heterocycles. The van der Waals surface area contributed by atoms with Gasteiger partial charge in [0.15, 0.2) is 5.69 Å². The van der Waals surface area contributed by atoms with E-state index < -0.39 is 17.2 Å². The summed E-state index contributed by atoms with van der Waals surface area (Å²) in [5, 5.41) is 0. The van der Waals surface area contributed by atoms with Gasteiger partial charge in [-0.3, -0.25) is 24.0 Å². The summed E-state index contributed by atoms with van der Waals surface area (Å²) in [6.07, 6.45) is 0. The summed E-state index contributed by atoms with van der Waals surface area (Å²) >= 11 is 0. The molecule has 1 amide bonds. The highest BCUT2D eigenvalue weighted by atomic mass is 16.5. The van der Waals surface area contributed by atoms with Crippen molar-refractivity contribution in [1.82, 2.24) is 9.55 Å². The molecule has 0 aliphatic carbocycles. The molecule has 3 rings (SSSR count). The first-order valence-corrected chi connectivity index (χ1v) is 10.0. The fourth-order valence-corrected chi connectivity index (χ4v) is 3.33. The van der Waals surface area contributed by atoms with E-state index >= 15 is 0 Å². The summed E-state index contributed by atoms with van der Waals surface area (Å²) in [7, 11) is 3.08. The first-order valence-electron chi connectivity index (χ1n) is 10.0. The number of amides is 1. The Morgan fingerprint density at radius 1 is 1.00 bits per heavy atom. The van der Waals surface area contributed by atoms with E-state index in [4.69, 9.17) is 15.2 Å². The first-order chi connectivity index (χ1) is 15.5. The Labute approximate surface area is 185 Å². The Hall–Kier alpha value is -3.69. The molecule has 9 heteroatoms. The number of aromatic nitrogens is 2. The number of nitrogens with zero attached hydrogens (tertiary/aromatic N) is 2. The molecule has 32 heavy (non-hydrogen) atoms. The molecule has 0 atom stereocenters. The van der Waals surface area contributed by atoms with Crippen LogP contribution in [-0.2, 0) is 29.2 Å². The third kappa shape index (κ3) is 5.13. The lowest BCUT2D eigenvalue weighted by Gasteiger charge is -2.25. The number of methoxy groups -OCH3 is 2. The number of aromatic amines is 1. The van der Waals surface area contributed by atoms with Crippen molar-refractivity contribution in [2.24, 2.45) is 0 Å². The van der Waals surface area contributed by atoms with Gasteiger partial charge in [0, 0.05) is 19.8 Å². The van der Waals surface area contributed by atoms with Crippen LogP contribution in [0.4, 0.5) is 11.5 Å². The highest BCUT2D eigenvalue weighted by Gasteiger charge is 2.25. The Morgan fingerprint density at radius 3 is 2.31 bits per heavy atom. The van der Waals surface area contributed by atoms with E-state index in [1.54, 1.807) is 31.4 Å². The zero-order valence-electron chi connectivity index (χ0n) is 18.0. The third-order valence-corrected chi connectivity index (χ3v) is 4.94. The fraction of sp³-hybridized carbons (Fsp3) is 0.261. The average Bonchev–Trinajstić information content (AvgIpc) is 2.79. The van der Waals surface area contributed by atoms with Crippen LogP contribution >= 0.6 is 0 Å². The van der Waals surface area contributed by atoms with Gasteiger partial charge >= 0.3 is 5.69 Å². The number of hydrogen-bond donors (Lipinski definition) is 2. The minimum atomic E-state index is -0.735. The predicted octanol–water partition coefficient (Wildman–Crippen LogP) is 1.76. The summed E-state index contributed by atoms with van der Waals surface area (Å²) < 4.78 is 11.3. The van der Waals surface area contributed by atoms with Gasteiger partial charge in [-0.15, -0.1) is 0 Å². The molecule has 0 fully saturated rings. The fourth-order valence-electron chi connectivity index (χ4n) is 3.33. The van der Waals surface area contributed by atoms with Crippen LogP contribution in [-0.4, -0.2) is 36.3 Å². The molecule has 0 aliphatic rings. The molecule has 0 spiro atoms. The Balaban J connectivity index is 2.10. The highest BCUT2D eigenvalue weighted by Crippen LogP contribution is 2.22. The van der Waals surface area contributed by atoms with Crippen molar-refractivity contribution >= 4 is 17.4 Å². The quantitative estimate of drug-likeness (QED) is 0.525. The van der Waals surface area contributed by atoms with Gasteiger partial charge < -0.3 is 15.2 Å². The summed E-state index contributed by atoms with van der Waals surface area (Å²) in [6.45, 7) is 0.849. The van der Waals surface area contributed by atoms with Gasteiger partial charge in [-0.1, -0.05) is 42.5 Å². The van der Waals surface area contributed by atoms with Crippen LogP contribution in [0.5, 0.6) is 0 Å². The predicted molar refractivity (Wildman–Crippen MR) is 122 cm³/mol. The van der Waals surface area contributed by atoms with Crippen molar-refractivity contribution in [3.05, 3.63) is 92.1 Å². The number of rotatable bonds is 9. The molecule has 9 nitrogen and oxygen atoms in total. The minimum absolute atomic E-state index is 0.0875. The lowest BCUT2D eigenvalue weighted by Crippen LogP contribution is -2.41. The van der Waals surface area contributed by atoms with Gasteiger partial charge in [-0.2, -0.15) is 0 Å². The van der Waals surface area contributed by atoms with Gasteiger partial charge in [-0.05, 0) is 23.3 Å². The number of carbonyl (C=O) groups is 1. The normalized spacial score (nSPS) is 10.8. The zero-order chi connectivity index (χ0) is 23.1. The lowest BCUT2D eigenvalue weighted by atomic mass is 10.1. The maximum Gasteiger partial charge on any atom is 0.330 e. The molecule has 2 aromatic carbocycles. The lowest BCUT2D eigenvalue weighted by molar-refractivity contribution is 0.0984. The molecular formula is C23H26N4O5. The van der Waals surface area contributed by atoms with Crippen LogP contribution in [0.3, 0.4) is 0 Å². The number of carbonyl (C=O) groups excluding carboxylic acids is 1. The molecule has 0 bridgehead atoms. The average molecular weight is 438 g/mol. The van der Waals surface area contributed by atoms with Gasteiger partial charge in [0.1, 0.15) is 5.82 Å². The molecule has 3 N–H and O–H groups in total. The van der Waals surface area contributed by atoms with Gasteiger partial charge in [0.25, 0.3) is 11.5 Å². The number of hydrogen-bond acceptors (Lipinski definition) is 6. The summed E-state index contributed by atoms with van der Waals surface area (Å²) in [5.41, 5.74) is 6.82. The summed E-state index contributed by atoms with van der Waals surface area (Å²) in [5.74, 6) is -0.525. The largest absolute Gasteiger partial charge is 0.383 e. The van der Waals surface area contributed by atoms with Crippen LogP contribution in [0.2, 0.25) is 0 Å². The molecular weight excluding hydrogens is 412 g/mol. The Bertz CT molecular complexity index is 1170. The van der Waals surface area contributed by atoms with Crippen LogP contribution in [0, 0.1) is 0 Å². The van der Waals surface area contributed by atoms with E-state index in [0.717, 1.165) is 11.1 Å². The van der Waals surface area contributed by atoms with E-state index in [9.17, 15) is 14.4 Å². The number of benzene rings is 2. The molecule has 1 heterocycles. The van der Waals surface area contributed by atoms with Crippen molar-refractivity contribution in [3.63, 3.8) is 0 Å². The maximum absolute atomic E-state index is 13.5. The van der Waals surface area contributed by atoms with Crippen LogP contribution in [0.1, 0.15) is 21.5 Å². The van der Waals surface area contributed by atoms with Crippen molar-refractivity contribution < 1.29 is 14.3 Å². The molecule has 0 radical (unpaired) electrons. The number of nitrogens with one attached hydrogen (secondary N) is 1. The van der Waals surface area contributed by atoms with E-state index in [1.807, 2.05) is 30.3 Å². The van der Waals surface area contributed by atoms with Crippen LogP contribution < -0.4 is 21.9 Å². The van der Waals surface area contributed by atoms with E-state index in [1.165, 1.54) is 16.6 Å². The minimum Gasteiger partial charge on any atom is -0.383 e. The first kappa shape index (κ1) is 23.0. The molecule has 3 aromatic rings. The van der Waals surface area contributed by atoms with Gasteiger partial charge in [0.05, 0.1) is 26.3 Å². The Kier molecular flexibility index (Phi) is 7.58. The number of nitrogen functional groups attached to an aromatic ring is 1. The third-order valence-electron chi connectivity index (χ3n) is 4.94. The monoisotopic (exact) mass is 438 g/mol. The van der Waals surface area contributed by atoms with E-state index in [-0.39, 0.29) is 31.2 Å². The second-order valence-corrected chi connectivity index (χ2v) is 7.14. The van der Waals surface area contributed by atoms with Gasteiger partial charge in [0.2, 0.25) is 0 Å². The Morgan fingerprint density at radius 2 is 1.69 bits per heavy atom. The topological polar surface area (TPSA) is 120 Å². The summed E-state index contributed by atoms with van der Waals surface area (Å²) in [6, 6.07) is 16.1. The standard InChI is InChI=1S/C23H26N4O5/c1-31-13-12-26-20(24)19(21(28)25-23(26)30)27(14-16-6-4-3-5-7-16)22(29)18-10-8-17(9-11-18)15-32-2/h3-11H,12-15,24H2,1-2H3,(H,25,28,30). The van der Waals surface area contributed by atoms with Crippen LogP contribution in [0.15, 0.2) is 64.2 Å². The van der Waals surface area contributed by atoms with Crippen molar-refractivity contribution in [2.75, 3.05) is 31.5 Å². The molecule has 0 unspecified atom stereocenters. The smallest absolute Gasteiger partial charge is 0.330 e. The van der Waals surface area contributed by atoms with Crippen molar-refractivity contribution in [2.45, 2.75) is 19.7 Å². The second-order valence-electron chi connectivity index (χ2n) is 7.14. The highest BCUT2D eigenvalue weighted by molar-refractivity contribution is 6.07. The molecule has 0 aliphatic heterocycles. The number of anilines is 2. The number of H-pyrrole nitrogens is 1. The molecule has 168 valence electrons. The zero-order valence-corrected chi connectivity index (χ0v) is 18.0. The maximum atomic E-state index is 13.5.